The van der Waals surface area contributed by atoms with Gasteiger partial charge in [-0.2, -0.15) is 0 Å². The van der Waals surface area contributed by atoms with E-state index in [9.17, 15) is 13.2 Å². The molecule has 24 heavy (non-hydrogen) atoms. The number of hydrogen-bond acceptors (Lipinski definition) is 6. The van der Waals surface area contributed by atoms with Crippen LogP contribution in [0.2, 0.25) is 0 Å². The molecule has 2 heterocycles. The molecule has 1 aromatic rings. The van der Waals surface area contributed by atoms with Gasteiger partial charge in [-0.05, 0) is 19.1 Å². The minimum absolute atomic E-state index is 0.0128. The molecular formula is C16H22N2O5S. The van der Waals surface area contributed by atoms with Crippen LogP contribution in [0.25, 0.3) is 0 Å². The van der Waals surface area contributed by atoms with Gasteiger partial charge >= 0.3 is 0 Å². The van der Waals surface area contributed by atoms with Gasteiger partial charge in [0.2, 0.25) is 5.91 Å². The number of piperazine rings is 1. The first-order valence-corrected chi connectivity index (χ1v) is 9.75. The number of amides is 1. The molecule has 3 rings (SSSR count). The van der Waals surface area contributed by atoms with E-state index in [4.69, 9.17) is 9.47 Å². The highest BCUT2D eigenvalue weighted by Gasteiger charge is 2.25. The molecule has 0 aliphatic carbocycles. The topological polar surface area (TPSA) is 84.9 Å². The highest BCUT2D eigenvalue weighted by molar-refractivity contribution is 7.91. The molecule has 1 unspecified atom stereocenters. The molecule has 0 aromatic heterocycles. The smallest absolute Gasteiger partial charge is 0.223 e. The zero-order valence-corrected chi connectivity index (χ0v) is 14.5. The number of benzene rings is 1. The number of nitrogens with zero attached hydrogens (tertiary/aromatic N) is 1. The second-order valence-corrected chi connectivity index (χ2v) is 8.12. The van der Waals surface area contributed by atoms with Gasteiger partial charge in [0, 0.05) is 38.2 Å². The first-order chi connectivity index (χ1) is 11.5. The van der Waals surface area contributed by atoms with Crippen molar-refractivity contribution < 1.29 is 22.7 Å². The van der Waals surface area contributed by atoms with E-state index >= 15 is 0 Å². The van der Waals surface area contributed by atoms with Gasteiger partial charge in [0.1, 0.15) is 13.2 Å². The van der Waals surface area contributed by atoms with E-state index in [0.29, 0.717) is 31.3 Å². The number of carbonyl (C=O) groups is 1. The van der Waals surface area contributed by atoms with Crippen LogP contribution in [0.1, 0.15) is 13.3 Å². The number of ether oxygens (including phenoxy) is 2. The Morgan fingerprint density at radius 3 is 2.79 bits per heavy atom. The highest BCUT2D eigenvalue weighted by atomic mass is 32.2. The van der Waals surface area contributed by atoms with E-state index in [0.717, 1.165) is 13.1 Å². The van der Waals surface area contributed by atoms with Crippen LogP contribution in [-0.2, 0) is 14.6 Å². The Balaban J connectivity index is 1.66. The fraction of sp³-hybridized carbons (Fsp3) is 0.562. The Morgan fingerprint density at radius 2 is 2.04 bits per heavy atom. The first kappa shape index (κ1) is 17.0. The lowest BCUT2D eigenvalue weighted by atomic mass is 10.2. The normalized spacial score (nSPS) is 20.7. The summed E-state index contributed by atoms with van der Waals surface area (Å²) in [6, 6.07) is 4.66. The van der Waals surface area contributed by atoms with Crippen molar-refractivity contribution in [2.75, 3.05) is 38.6 Å². The van der Waals surface area contributed by atoms with E-state index in [1.165, 1.54) is 12.1 Å². The summed E-state index contributed by atoms with van der Waals surface area (Å²) in [7, 11) is -3.54. The van der Waals surface area contributed by atoms with Gasteiger partial charge in [0.25, 0.3) is 0 Å². The third kappa shape index (κ3) is 3.64. The van der Waals surface area contributed by atoms with Crippen LogP contribution in [0.15, 0.2) is 23.1 Å². The molecule has 1 fully saturated rings. The predicted molar refractivity (Wildman–Crippen MR) is 88.1 cm³/mol. The summed E-state index contributed by atoms with van der Waals surface area (Å²) in [6.07, 6.45) is -0.0128. The standard InChI is InChI=1S/C16H22N2O5S/c1-12-11-17-5-6-18(12)16(19)4-9-24(20,21)13-2-3-14-15(10-13)23-8-7-22-14/h2-3,10,12,17H,4-9,11H2,1H3. The second kappa shape index (κ2) is 6.98. The summed E-state index contributed by atoms with van der Waals surface area (Å²) < 4.78 is 35.8. The molecule has 0 bridgehead atoms. The minimum atomic E-state index is -3.54. The monoisotopic (exact) mass is 354 g/mol. The average molecular weight is 354 g/mol. The third-order valence-corrected chi connectivity index (χ3v) is 5.99. The molecule has 2 aliphatic rings. The second-order valence-electron chi connectivity index (χ2n) is 6.01. The average Bonchev–Trinajstić information content (AvgIpc) is 2.60. The lowest BCUT2D eigenvalue weighted by molar-refractivity contribution is -0.133. The van der Waals surface area contributed by atoms with Gasteiger partial charge < -0.3 is 19.7 Å². The molecule has 7 nitrogen and oxygen atoms in total. The van der Waals surface area contributed by atoms with Crippen molar-refractivity contribution in [1.82, 2.24) is 10.2 Å². The van der Waals surface area contributed by atoms with Crippen LogP contribution in [0.3, 0.4) is 0 Å². The number of carbonyl (C=O) groups excluding carboxylic acids is 1. The number of fused-ring (bicyclic) bond motifs is 1. The summed E-state index contributed by atoms with van der Waals surface area (Å²) in [5.41, 5.74) is 0. The summed E-state index contributed by atoms with van der Waals surface area (Å²) in [6.45, 7) is 4.90. The van der Waals surface area contributed by atoms with Crippen LogP contribution in [-0.4, -0.2) is 63.9 Å². The molecule has 0 radical (unpaired) electrons. The fourth-order valence-electron chi connectivity index (χ4n) is 2.91. The molecule has 1 amide bonds. The third-order valence-electron chi connectivity index (χ3n) is 4.28. The Kier molecular flexibility index (Phi) is 4.96. The molecule has 2 aliphatic heterocycles. The van der Waals surface area contributed by atoms with Crippen LogP contribution in [0, 0.1) is 0 Å². The van der Waals surface area contributed by atoms with Crippen molar-refractivity contribution in [3.63, 3.8) is 0 Å². The van der Waals surface area contributed by atoms with E-state index < -0.39 is 9.84 Å². The maximum absolute atomic E-state index is 12.5. The summed E-state index contributed by atoms with van der Waals surface area (Å²) >= 11 is 0. The Labute approximate surface area is 141 Å². The molecular weight excluding hydrogens is 332 g/mol. The maximum atomic E-state index is 12.5. The minimum Gasteiger partial charge on any atom is -0.486 e. The largest absolute Gasteiger partial charge is 0.486 e. The molecule has 1 atom stereocenters. The van der Waals surface area contributed by atoms with Crippen molar-refractivity contribution in [3.8, 4) is 11.5 Å². The quantitative estimate of drug-likeness (QED) is 0.845. The van der Waals surface area contributed by atoms with Crippen molar-refractivity contribution in [3.05, 3.63) is 18.2 Å². The van der Waals surface area contributed by atoms with Gasteiger partial charge in [-0.3, -0.25) is 4.79 Å². The first-order valence-electron chi connectivity index (χ1n) is 8.10. The fourth-order valence-corrected chi connectivity index (χ4v) is 4.15. The van der Waals surface area contributed by atoms with Crippen molar-refractivity contribution >= 4 is 15.7 Å². The van der Waals surface area contributed by atoms with E-state index in [2.05, 4.69) is 5.32 Å². The summed E-state index contributed by atoms with van der Waals surface area (Å²) in [5.74, 6) is 0.655. The molecule has 1 saturated heterocycles. The number of nitrogens with one attached hydrogen (secondary N) is 1. The molecule has 0 spiro atoms. The van der Waals surface area contributed by atoms with Crippen molar-refractivity contribution in [2.24, 2.45) is 0 Å². The lowest BCUT2D eigenvalue weighted by Gasteiger charge is -2.34. The lowest BCUT2D eigenvalue weighted by Crippen LogP contribution is -2.52. The molecule has 1 aromatic carbocycles. The van der Waals surface area contributed by atoms with Gasteiger partial charge in [-0.1, -0.05) is 0 Å². The summed E-state index contributed by atoms with van der Waals surface area (Å²) in [5, 5.41) is 3.21. The van der Waals surface area contributed by atoms with Crippen LogP contribution in [0.4, 0.5) is 0 Å². The predicted octanol–water partition coefficient (Wildman–Crippen LogP) is 0.442. The number of sulfone groups is 1. The Hall–Kier alpha value is -1.80. The molecule has 132 valence electrons. The van der Waals surface area contributed by atoms with Crippen molar-refractivity contribution in [1.29, 1.82) is 0 Å². The van der Waals surface area contributed by atoms with Gasteiger partial charge in [-0.15, -0.1) is 0 Å². The SMILES string of the molecule is CC1CNCCN1C(=O)CCS(=O)(=O)c1ccc2c(c1)OCCO2. The molecule has 0 saturated carbocycles. The Morgan fingerprint density at radius 1 is 1.29 bits per heavy atom. The van der Waals surface area contributed by atoms with Crippen LogP contribution >= 0.6 is 0 Å². The van der Waals surface area contributed by atoms with Gasteiger partial charge in [0.05, 0.1) is 10.6 Å². The van der Waals surface area contributed by atoms with Gasteiger partial charge in [0.15, 0.2) is 21.3 Å². The molecule has 8 heteroatoms. The maximum Gasteiger partial charge on any atom is 0.223 e. The Bertz CT molecular complexity index is 719. The zero-order valence-electron chi connectivity index (χ0n) is 13.7. The van der Waals surface area contributed by atoms with E-state index in [1.54, 1.807) is 11.0 Å². The number of rotatable bonds is 4. The van der Waals surface area contributed by atoms with E-state index in [1.807, 2.05) is 6.92 Å². The zero-order chi connectivity index (χ0) is 17.2. The van der Waals surface area contributed by atoms with Crippen molar-refractivity contribution in [2.45, 2.75) is 24.3 Å². The highest BCUT2D eigenvalue weighted by Crippen LogP contribution is 2.32. The van der Waals surface area contributed by atoms with Crippen LogP contribution < -0.4 is 14.8 Å². The van der Waals surface area contributed by atoms with Crippen LogP contribution in [0.5, 0.6) is 11.5 Å². The van der Waals surface area contributed by atoms with Gasteiger partial charge in [-0.25, -0.2) is 8.42 Å². The van der Waals surface area contributed by atoms with E-state index in [-0.39, 0.29) is 29.0 Å². The molecule has 1 N–H and O–H groups in total. The number of hydrogen-bond donors (Lipinski definition) is 1. The summed E-state index contributed by atoms with van der Waals surface area (Å²) in [4.78, 5) is 14.2.